The van der Waals surface area contributed by atoms with E-state index in [4.69, 9.17) is 17.3 Å². The van der Waals surface area contributed by atoms with E-state index in [1.807, 2.05) is 30.3 Å². The maximum Gasteiger partial charge on any atom is 0.129 e. The Balaban J connectivity index is 2.27. The maximum atomic E-state index is 13.3. The van der Waals surface area contributed by atoms with Gasteiger partial charge >= 0.3 is 0 Å². The van der Waals surface area contributed by atoms with Gasteiger partial charge in [-0.15, -0.1) is 0 Å². The summed E-state index contributed by atoms with van der Waals surface area (Å²) >= 11 is 6.17. The first kappa shape index (κ1) is 13.6. The first-order valence-corrected chi connectivity index (χ1v) is 6.79. The van der Waals surface area contributed by atoms with Crippen molar-refractivity contribution >= 4 is 17.4 Å². The minimum atomic E-state index is -0.382. The topological polar surface area (TPSA) is 43.8 Å². The zero-order valence-corrected chi connectivity index (χ0v) is 12.1. The molecule has 2 aromatic carbocycles. The van der Waals surface area contributed by atoms with Gasteiger partial charge in [-0.3, -0.25) is 4.68 Å². The molecule has 2 N–H and O–H groups in total. The first-order valence-electron chi connectivity index (χ1n) is 6.41. The number of hydrogen-bond donors (Lipinski definition) is 1. The van der Waals surface area contributed by atoms with Gasteiger partial charge in [-0.2, -0.15) is 5.10 Å². The van der Waals surface area contributed by atoms with Gasteiger partial charge in [0, 0.05) is 18.2 Å². The van der Waals surface area contributed by atoms with E-state index in [9.17, 15) is 4.39 Å². The molecule has 0 aliphatic carbocycles. The fraction of sp³-hybridized carbons (Fsp3) is 0.0625. The molecule has 0 aliphatic rings. The quantitative estimate of drug-likeness (QED) is 0.773. The zero-order chi connectivity index (χ0) is 15.0. The molecule has 0 saturated heterocycles. The summed E-state index contributed by atoms with van der Waals surface area (Å²) < 4.78 is 14.9. The van der Waals surface area contributed by atoms with E-state index < -0.39 is 0 Å². The third kappa shape index (κ3) is 2.38. The van der Waals surface area contributed by atoms with Crippen LogP contribution in [0.2, 0.25) is 5.02 Å². The van der Waals surface area contributed by atoms with E-state index in [1.165, 1.54) is 12.1 Å². The number of nitrogen functional groups attached to an aromatic ring is 1. The van der Waals surface area contributed by atoms with Crippen molar-refractivity contribution in [1.82, 2.24) is 9.78 Å². The van der Waals surface area contributed by atoms with Gasteiger partial charge in [0.15, 0.2) is 0 Å². The molecule has 0 amide bonds. The van der Waals surface area contributed by atoms with Gasteiger partial charge in [0.05, 0.1) is 10.6 Å². The van der Waals surface area contributed by atoms with Gasteiger partial charge < -0.3 is 5.73 Å². The fourth-order valence-electron chi connectivity index (χ4n) is 2.29. The van der Waals surface area contributed by atoms with E-state index in [1.54, 1.807) is 17.8 Å². The van der Waals surface area contributed by atoms with Crippen molar-refractivity contribution in [3.63, 3.8) is 0 Å². The summed E-state index contributed by atoms with van der Waals surface area (Å²) in [5.41, 5.74) is 9.17. The molecule has 0 saturated carbocycles. The van der Waals surface area contributed by atoms with Crippen LogP contribution in [0.1, 0.15) is 0 Å². The molecule has 3 aromatic rings. The van der Waals surface area contributed by atoms with Crippen LogP contribution in [0.4, 0.5) is 10.2 Å². The Kier molecular flexibility index (Phi) is 3.39. The minimum Gasteiger partial charge on any atom is -0.383 e. The number of halogens is 2. The normalized spacial score (nSPS) is 10.8. The second-order valence-corrected chi connectivity index (χ2v) is 5.13. The number of aryl methyl sites for hydroxylation is 1. The smallest absolute Gasteiger partial charge is 0.129 e. The van der Waals surface area contributed by atoms with E-state index in [0.29, 0.717) is 22.0 Å². The summed E-state index contributed by atoms with van der Waals surface area (Å²) in [6, 6.07) is 13.9. The highest BCUT2D eigenvalue weighted by Crippen LogP contribution is 2.39. The molecule has 0 fully saturated rings. The van der Waals surface area contributed by atoms with Crippen molar-refractivity contribution in [2.24, 2.45) is 7.05 Å². The number of hydrogen-bond acceptors (Lipinski definition) is 2. The summed E-state index contributed by atoms with van der Waals surface area (Å²) in [5, 5.41) is 4.77. The highest BCUT2D eigenvalue weighted by Gasteiger charge is 2.19. The Labute approximate surface area is 126 Å². The summed E-state index contributed by atoms with van der Waals surface area (Å²) in [7, 11) is 1.77. The van der Waals surface area contributed by atoms with E-state index in [2.05, 4.69) is 5.10 Å². The number of anilines is 1. The van der Waals surface area contributed by atoms with Crippen LogP contribution >= 0.6 is 11.6 Å². The average molecular weight is 302 g/mol. The highest BCUT2D eigenvalue weighted by molar-refractivity contribution is 6.33. The molecule has 0 radical (unpaired) electrons. The number of nitrogens with zero attached hydrogens (tertiary/aromatic N) is 2. The average Bonchev–Trinajstić information content (AvgIpc) is 2.76. The lowest BCUT2D eigenvalue weighted by molar-refractivity contribution is 0.628. The van der Waals surface area contributed by atoms with Gasteiger partial charge in [-0.1, -0.05) is 41.9 Å². The molecule has 0 aliphatic heterocycles. The number of benzene rings is 2. The Morgan fingerprint density at radius 1 is 1.14 bits per heavy atom. The molecule has 0 unspecified atom stereocenters. The van der Waals surface area contributed by atoms with Crippen molar-refractivity contribution in [3.05, 3.63) is 59.4 Å². The Morgan fingerprint density at radius 2 is 1.86 bits per heavy atom. The van der Waals surface area contributed by atoms with Crippen LogP contribution in [0.3, 0.4) is 0 Å². The number of aromatic nitrogens is 2. The molecular formula is C16H13ClFN3. The van der Waals surface area contributed by atoms with Crippen LogP contribution in [-0.4, -0.2) is 9.78 Å². The third-order valence-electron chi connectivity index (χ3n) is 3.34. The second-order valence-electron chi connectivity index (χ2n) is 4.72. The number of rotatable bonds is 2. The van der Waals surface area contributed by atoms with Crippen molar-refractivity contribution in [3.8, 4) is 22.4 Å². The van der Waals surface area contributed by atoms with Crippen LogP contribution in [-0.2, 0) is 7.05 Å². The van der Waals surface area contributed by atoms with Crippen molar-refractivity contribution in [2.45, 2.75) is 0 Å². The standard InChI is InChI=1S/C16H13ClFN3/c1-21-16(19)14(12-8-7-11(18)9-13(12)17)15(20-21)10-5-3-2-4-6-10/h2-9H,19H2,1H3. The SMILES string of the molecule is Cn1nc(-c2ccccc2)c(-c2ccc(F)cc2Cl)c1N. The lowest BCUT2D eigenvalue weighted by Gasteiger charge is -2.07. The molecule has 3 rings (SSSR count). The Morgan fingerprint density at radius 3 is 2.52 bits per heavy atom. The third-order valence-corrected chi connectivity index (χ3v) is 3.65. The van der Waals surface area contributed by atoms with Gasteiger partial charge in [-0.25, -0.2) is 4.39 Å². The van der Waals surface area contributed by atoms with E-state index in [-0.39, 0.29) is 5.82 Å². The summed E-state index contributed by atoms with van der Waals surface area (Å²) in [5.74, 6) is 0.106. The van der Waals surface area contributed by atoms with Gasteiger partial charge in [0.2, 0.25) is 0 Å². The van der Waals surface area contributed by atoms with Crippen LogP contribution in [0.25, 0.3) is 22.4 Å². The molecule has 0 spiro atoms. The predicted molar refractivity (Wildman–Crippen MR) is 83.5 cm³/mol. The Bertz CT molecular complexity index is 797. The minimum absolute atomic E-state index is 0.312. The first-order chi connectivity index (χ1) is 10.1. The molecule has 106 valence electrons. The molecule has 3 nitrogen and oxygen atoms in total. The summed E-state index contributed by atoms with van der Waals surface area (Å²) in [6.07, 6.45) is 0. The van der Waals surface area contributed by atoms with Crippen LogP contribution < -0.4 is 5.73 Å². The number of nitrogens with two attached hydrogens (primary N) is 1. The van der Waals surface area contributed by atoms with Gasteiger partial charge in [-0.05, 0) is 18.2 Å². The highest BCUT2D eigenvalue weighted by atomic mass is 35.5. The molecule has 21 heavy (non-hydrogen) atoms. The largest absolute Gasteiger partial charge is 0.383 e. The molecular weight excluding hydrogens is 289 g/mol. The van der Waals surface area contributed by atoms with E-state index in [0.717, 1.165) is 11.3 Å². The van der Waals surface area contributed by atoms with Gasteiger partial charge in [0.1, 0.15) is 17.3 Å². The predicted octanol–water partition coefficient (Wildman–Crippen LogP) is 4.13. The van der Waals surface area contributed by atoms with Crippen LogP contribution in [0, 0.1) is 5.82 Å². The van der Waals surface area contributed by atoms with Crippen molar-refractivity contribution in [2.75, 3.05) is 5.73 Å². The second kappa shape index (κ2) is 5.22. The lowest BCUT2D eigenvalue weighted by atomic mass is 10.0. The summed E-state index contributed by atoms with van der Waals surface area (Å²) in [6.45, 7) is 0. The van der Waals surface area contributed by atoms with Crippen LogP contribution in [0.15, 0.2) is 48.5 Å². The monoisotopic (exact) mass is 301 g/mol. The van der Waals surface area contributed by atoms with E-state index >= 15 is 0 Å². The van der Waals surface area contributed by atoms with Crippen molar-refractivity contribution in [1.29, 1.82) is 0 Å². The zero-order valence-electron chi connectivity index (χ0n) is 11.3. The fourth-order valence-corrected chi connectivity index (χ4v) is 2.55. The Hall–Kier alpha value is -2.33. The molecule has 1 heterocycles. The van der Waals surface area contributed by atoms with Gasteiger partial charge in [0.25, 0.3) is 0 Å². The maximum absolute atomic E-state index is 13.3. The summed E-state index contributed by atoms with van der Waals surface area (Å²) in [4.78, 5) is 0. The lowest BCUT2D eigenvalue weighted by Crippen LogP contribution is -1.98. The van der Waals surface area contributed by atoms with Crippen LogP contribution in [0.5, 0.6) is 0 Å². The van der Waals surface area contributed by atoms with Crippen molar-refractivity contribution < 1.29 is 4.39 Å². The molecule has 1 aromatic heterocycles. The molecule has 0 atom stereocenters. The molecule has 5 heteroatoms. The molecule has 0 bridgehead atoms.